The molecule has 2 rings (SSSR count). The first kappa shape index (κ1) is 13.3. The highest BCUT2D eigenvalue weighted by atomic mass is 35.5. The molecule has 0 aliphatic heterocycles. The third-order valence-corrected chi connectivity index (χ3v) is 3.58. The molecule has 0 bridgehead atoms. The van der Waals surface area contributed by atoms with Crippen molar-refractivity contribution in [2.24, 2.45) is 5.73 Å². The van der Waals surface area contributed by atoms with Gasteiger partial charge < -0.3 is 5.73 Å². The van der Waals surface area contributed by atoms with E-state index in [0.717, 1.165) is 40.3 Å². The molecular weight excluding hydrogens is 246 g/mol. The Kier molecular flexibility index (Phi) is 4.17. The van der Waals surface area contributed by atoms with E-state index in [4.69, 9.17) is 17.3 Å². The number of fused-ring (bicyclic) bond motifs is 1. The number of nitrogens with two attached hydrogens (primary N) is 1. The van der Waals surface area contributed by atoms with Crippen LogP contribution in [0.2, 0.25) is 5.02 Å². The van der Waals surface area contributed by atoms with Gasteiger partial charge in [0.15, 0.2) is 0 Å². The molecular formula is C14H18ClN3. The van der Waals surface area contributed by atoms with E-state index in [-0.39, 0.29) is 0 Å². The number of hydrogen-bond donors (Lipinski definition) is 1. The lowest BCUT2D eigenvalue weighted by molar-refractivity contribution is 0.332. The van der Waals surface area contributed by atoms with Crippen molar-refractivity contribution < 1.29 is 0 Å². The number of pyridine rings is 1. The van der Waals surface area contributed by atoms with E-state index in [1.54, 1.807) is 0 Å². The second kappa shape index (κ2) is 5.65. The minimum absolute atomic E-state index is 0.640. The molecule has 0 saturated heterocycles. The molecule has 0 amide bonds. The Balaban J connectivity index is 2.42. The van der Waals surface area contributed by atoms with Crippen LogP contribution in [0.3, 0.4) is 0 Å². The number of aryl methyl sites for hydroxylation is 1. The van der Waals surface area contributed by atoms with Crippen molar-refractivity contribution in [1.29, 1.82) is 0 Å². The van der Waals surface area contributed by atoms with Crippen LogP contribution in [-0.4, -0.2) is 30.0 Å². The fourth-order valence-corrected chi connectivity index (χ4v) is 2.28. The van der Waals surface area contributed by atoms with Gasteiger partial charge in [0.2, 0.25) is 0 Å². The summed E-state index contributed by atoms with van der Waals surface area (Å²) < 4.78 is 0. The van der Waals surface area contributed by atoms with Crippen LogP contribution < -0.4 is 5.73 Å². The van der Waals surface area contributed by atoms with Gasteiger partial charge in [0.1, 0.15) is 0 Å². The summed E-state index contributed by atoms with van der Waals surface area (Å²) in [5.74, 6) is 0. The van der Waals surface area contributed by atoms with Crippen LogP contribution in [-0.2, 0) is 6.54 Å². The fourth-order valence-electron chi connectivity index (χ4n) is 2.08. The lowest BCUT2D eigenvalue weighted by atomic mass is 10.1. The maximum absolute atomic E-state index is 6.40. The van der Waals surface area contributed by atoms with E-state index in [1.165, 1.54) is 0 Å². The molecule has 0 aliphatic rings. The van der Waals surface area contributed by atoms with E-state index in [1.807, 2.05) is 32.2 Å². The van der Waals surface area contributed by atoms with Crippen molar-refractivity contribution in [2.75, 3.05) is 20.1 Å². The summed E-state index contributed by atoms with van der Waals surface area (Å²) in [6, 6.07) is 8.08. The van der Waals surface area contributed by atoms with Gasteiger partial charge in [-0.15, -0.1) is 0 Å². The molecule has 18 heavy (non-hydrogen) atoms. The number of benzene rings is 1. The molecule has 0 saturated carbocycles. The van der Waals surface area contributed by atoms with Crippen LogP contribution in [0.5, 0.6) is 0 Å². The number of likely N-dealkylation sites (N-methyl/N-ethyl adjacent to an activating group) is 1. The van der Waals surface area contributed by atoms with Crippen LogP contribution in [0, 0.1) is 6.92 Å². The summed E-state index contributed by atoms with van der Waals surface area (Å²) >= 11 is 6.40. The SMILES string of the molecule is Cc1c(Cl)c(CN(C)CCN)nc2ccccc12. The zero-order valence-electron chi connectivity index (χ0n) is 10.8. The Morgan fingerprint density at radius 3 is 2.78 bits per heavy atom. The molecule has 0 spiro atoms. The van der Waals surface area contributed by atoms with E-state index >= 15 is 0 Å². The van der Waals surface area contributed by atoms with Gasteiger partial charge in [-0.25, -0.2) is 4.98 Å². The van der Waals surface area contributed by atoms with Crippen molar-refractivity contribution in [3.63, 3.8) is 0 Å². The lowest BCUT2D eigenvalue weighted by Gasteiger charge is -2.17. The third-order valence-electron chi connectivity index (χ3n) is 3.08. The van der Waals surface area contributed by atoms with Crippen molar-refractivity contribution in [1.82, 2.24) is 9.88 Å². The summed E-state index contributed by atoms with van der Waals surface area (Å²) in [6.45, 7) is 4.24. The monoisotopic (exact) mass is 263 g/mol. The Labute approximate surface area is 113 Å². The zero-order chi connectivity index (χ0) is 13.1. The Morgan fingerprint density at radius 1 is 1.33 bits per heavy atom. The highest BCUT2D eigenvalue weighted by Crippen LogP contribution is 2.27. The number of hydrogen-bond acceptors (Lipinski definition) is 3. The molecule has 96 valence electrons. The number of aromatic nitrogens is 1. The molecule has 0 atom stereocenters. The normalized spacial score (nSPS) is 11.4. The molecule has 1 aromatic heterocycles. The predicted molar refractivity (Wildman–Crippen MR) is 76.9 cm³/mol. The first-order valence-corrected chi connectivity index (χ1v) is 6.43. The number of rotatable bonds is 4. The average molecular weight is 264 g/mol. The van der Waals surface area contributed by atoms with Crippen molar-refractivity contribution >= 4 is 22.5 Å². The van der Waals surface area contributed by atoms with Gasteiger partial charge in [0, 0.05) is 25.0 Å². The summed E-state index contributed by atoms with van der Waals surface area (Å²) in [7, 11) is 2.02. The Hall–Kier alpha value is -1.16. The van der Waals surface area contributed by atoms with Gasteiger partial charge in [-0.1, -0.05) is 29.8 Å². The molecule has 0 radical (unpaired) electrons. The largest absolute Gasteiger partial charge is 0.329 e. The molecule has 4 heteroatoms. The smallest absolute Gasteiger partial charge is 0.0740 e. The van der Waals surface area contributed by atoms with E-state index in [0.29, 0.717) is 6.54 Å². The standard InChI is InChI=1S/C14H18ClN3/c1-10-11-5-3-4-6-12(11)17-13(14(10)15)9-18(2)8-7-16/h3-6H,7-9,16H2,1-2H3. The highest BCUT2D eigenvalue weighted by molar-refractivity contribution is 6.32. The minimum Gasteiger partial charge on any atom is -0.329 e. The number of nitrogens with zero attached hydrogens (tertiary/aromatic N) is 2. The maximum Gasteiger partial charge on any atom is 0.0740 e. The zero-order valence-corrected chi connectivity index (χ0v) is 11.5. The van der Waals surface area contributed by atoms with E-state index < -0.39 is 0 Å². The van der Waals surface area contributed by atoms with Crippen LogP contribution in [0.15, 0.2) is 24.3 Å². The molecule has 1 aromatic carbocycles. The lowest BCUT2D eigenvalue weighted by Crippen LogP contribution is -2.25. The Morgan fingerprint density at radius 2 is 2.06 bits per heavy atom. The first-order chi connectivity index (χ1) is 8.63. The van der Waals surface area contributed by atoms with Crippen LogP contribution in [0.1, 0.15) is 11.3 Å². The van der Waals surface area contributed by atoms with Gasteiger partial charge in [0.25, 0.3) is 0 Å². The highest BCUT2D eigenvalue weighted by Gasteiger charge is 2.11. The van der Waals surface area contributed by atoms with Crippen molar-refractivity contribution in [3.8, 4) is 0 Å². The molecule has 2 aromatic rings. The molecule has 3 nitrogen and oxygen atoms in total. The topological polar surface area (TPSA) is 42.1 Å². The van der Waals surface area contributed by atoms with Crippen LogP contribution >= 0.6 is 11.6 Å². The van der Waals surface area contributed by atoms with Gasteiger partial charge in [0.05, 0.1) is 16.2 Å². The minimum atomic E-state index is 0.640. The molecule has 0 aliphatic carbocycles. The molecule has 0 fully saturated rings. The van der Waals surface area contributed by atoms with Crippen LogP contribution in [0.25, 0.3) is 10.9 Å². The fraction of sp³-hybridized carbons (Fsp3) is 0.357. The van der Waals surface area contributed by atoms with E-state index in [9.17, 15) is 0 Å². The van der Waals surface area contributed by atoms with Crippen molar-refractivity contribution in [3.05, 3.63) is 40.5 Å². The average Bonchev–Trinajstić information content (AvgIpc) is 2.36. The number of halogens is 1. The second-order valence-corrected chi connectivity index (χ2v) is 4.92. The predicted octanol–water partition coefficient (Wildman–Crippen LogP) is 2.59. The summed E-state index contributed by atoms with van der Waals surface area (Å²) in [6.07, 6.45) is 0. The summed E-state index contributed by atoms with van der Waals surface area (Å²) in [4.78, 5) is 6.77. The van der Waals surface area contributed by atoms with Gasteiger partial charge in [-0.3, -0.25) is 4.90 Å². The first-order valence-electron chi connectivity index (χ1n) is 6.06. The quantitative estimate of drug-likeness (QED) is 0.922. The third kappa shape index (κ3) is 2.64. The van der Waals surface area contributed by atoms with Gasteiger partial charge in [-0.05, 0) is 25.6 Å². The Bertz CT molecular complexity index is 554. The molecule has 1 heterocycles. The van der Waals surface area contributed by atoms with Gasteiger partial charge in [-0.2, -0.15) is 0 Å². The van der Waals surface area contributed by atoms with Crippen LogP contribution in [0.4, 0.5) is 0 Å². The summed E-state index contributed by atoms with van der Waals surface area (Å²) in [5.41, 5.74) is 8.56. The van der Waals surface area contributed by atoms with E-state index in [2.05, 4.69) is 16.0 Å². The van der Waals surface area contributed by atoms with Crippen molar-refractivity contribution in [2.45, 2.75) is 13.5 Å². The van der Waals surface area contributed by atoms with Gasteiger partial charge >= 0.3 is 0 Å². The number of para-hydroxylation sites is 1. The second-order valence-electron chi connectivity index (χ2n) is 4.54. The summed E-state index contributed by atoms with van der Waals surface area (Å²) in [5, 5.41) is 1.88. The molecule has 2 N–H and O–H groups in total. The molecule has 0 unspecified atom stereocenters. The maximum atomic E-state index is 6.40.